The number of hydrogen-bond donors (Lipinski definition) is 2. The van der Waals surface area contributed by atoms with Crippen LogP contribution >= 0.6 is 23.3 Å². The third-order valence-corrected chi connectivity index (χ3v) is 4.47. The van der Waals surface area contributed by atoms with Crippen molar-refractivity contribution in [3.05, 3.63) is 6.20 Å². The van der Waals surface area contributed by atoms with Gasteiger partial charge in [-0.15, -0.1) is 0 Å². The van der Waals surface area contributed by atoms with Crippen LogP contribution in [0.2, 0.25) is 0 Å². The summed E-state index contributed by atoms with van der Waals surface area (Å²) in [5.74, 6) is 0. The first-order valence-electron chi connectivity index (χ1n) is 5.55. The maximum Gasteiger partial charge on any atom is 0.171 e. The van der Waals surface area contributed by atoms with Crippen molar-refractivity contribution in [2.24, 2.45) is 0 Å². The lowest BCUT2D eigenvalue weighted by Crippen LogP contribution is -2.24. The van der Waals surface area contributed by atoms with Gasteiger partial charge >= 0.3 is 0 Å². The first-order valence-corrected chi connectivity index (χ1v) is 7.55. The topological polar surface area (TPSA) is 80.4 Å². The number of ether oxygens (including phenoxy) is 1. The molecular formula is C10H13N3O3S2. The van der Waals surface area contributed by atoms with Gasteiger partial charge in [-0.2, -0.15) is 4.37 Å². The van der Waals surface area contributed by atoms with E-state index < -0.39 is 12.2 Å². The van der Waals surface area contributed by atoms with Gasteiger partial charge in [0.2, 0.25) is 0 Å². The molecule has 3 unspecified atom stereocenters. The van der Waals surface area contributed by atoms with E-state index in [9.17, 15) is 5.11 Å². The Labute approximate surface area is 112 Å². The maximum atomic E-state index is 9.81. The summed E-state index contributed by atoms with van der Waals surface area (Å²) in [6, 6.07) is 0. The third kappa shape index (κ3) is 1.84. The smallest absolute Gasteiger partial charge is 0.171 e. The quantitative estimate of drug-likeness (QED) is 0.815. The summed E-state index contributed by atoms with van der Waals surface area (Å²) in [4.78, 5) is 5.40. The van der Waals surface area contributed by atoms with Gasteiger partial charge in [0.1, 0.15) is 22.7 Å². The average Bonchev–Trinajstić information content (AvgIpc) is 3.01. The summed E-state index contributed by atoms with van der Waals surface area (Å²) in [7, 11) is 0. The molecule has 3 heterocycles. The highest BCUT2D eigenvalue weighted by molar-refractivity contribution is 7.98. The molecule has 0 saturated carbocycles. The predicted molar refractivity (Wildman–Crippen MR) is 68.8 cm³/mol. The zero-order valence-electron chi connectivity index (χ0n) is 9.68. The molecule has 1 saturated heterocycles. The van der Waals surface area contributed by atoms with Crippen molar-refractivity contribution in [2.75, 3.05) is 12.9 Å². The summed E-state index contributed by atoms with van der Waals surface area (Å²) in [6.07, 6.45) is 2.69. The molecule has 0 aromatic carbocycles. The van der Waals surface area contributed by atoms with Crippen molar-refractivity contribution < 1.29 is 14.9 Å². The SMILES string of the molecule is CSc1nc2cnsc2n1C1CC(O)C(CO)O1. The zero-order valence-corrected chi connectivity index (χ0v) is 11.3. The molecule has 1 aliphatic rings. The summed E-state index contributed by atoms with van der Waals surface area (Å²) < 4.78 is 11.7. The molecule has 0 bridgehead atoms. The van der Waals surface area contributed by atoms with Crippen molar-refractivity contribution in [1.82, 2.24) is 13.9 Å². The highest BCUT2D eigenvalue weighted by Crippen LogP contribution is 2.36. The summed E-state index contributed by atoms with van der Waals surface area (Å²) >= 11 is 2.89. The summed E-state index contributed by atoms with van der Waals surface area (Å²) in [5.41, 5.74) is 0.842. The van der Waals surface area contributed by atoms with Crippen molar-refractivity contribution in [3.8, 4) is 0 Å². The molecule has 2 aromatic heterocycles. The second-order valence-electron chi connectivity index (χ2n) is 4.10. The first kappa shape index (κ1) is 12.4. The predicted octanol–water partition coefficient (Wildman–Crippen LogP) is 0.855. The third-order valence-electron chi connectivity index (χ3n) is 3.03. The molecule has 8 heteroatoms. The second-order valence-corrected chi connectivity index (χ2v) is 5.65. The Kier molecular flexibility index (Phi) is 3.29. The Morgan fingerprint density at radius 2 is 2.50 bits per heavy atom. The molecule has 0 aliphatic carbocycles. The molecule has 3 atom stereocenters. The van der Waals surface area contributed by atoms with Crippen LogP contribution in [0.5, 0.6) is 0 Å². The van der Waals surface area contributed by atoms with Crippen LogP contribution in [0.25, 0.3) is 10.3 Å². The fraction of sp³-hybridized carbons (Fsp3) is 0.600. The van der Waals surface area contributed by atoms with Gasteiger partial charge in [0.15, 0.2) is 5.16 Å². The summed E-state index contributed by atoms with van der Waals surface area (Å²) in [6.45, 7) is -0.174. The van der Waals surface area contributed by atoms with E-state index in [1.807, 2.05) is 10.8 Å². The Morgan fingerprint density at radius 1 is 1.67 bits per heavy atom. The highest BCUT2D eigenvalue weighted by Gasteiger charge is 2.36. The van der Waals surface area contributed by atoms with Crippen LogP contribution in [-0.4, -0.2) is 49.2 Å². The van der Waals surface area contributed by atoms with Crippen molar-refractivity contribution >= 4 is 33.6 Å². The Hall–Kier alpha value is -0.670. The van der Waals surface area contributed by atoms with Gasteiger partial charge in [-0.1, -0.05) is 11.8 Å². The van der Waals surface area contributed by atoms with Crippen molar-refractivity contribution in [1.29, 1.82) is 0 Å². The number of hydrogen-bond acceptors (Lipinski definition) is 7. The van der Waals surface area contributed by atoms with Crippen LogP contribution in [0.15, 0.2) is 11.4 Å². The number of nitrogens with zero attached hydrogens (tertiary/aromatic N) is 3. The molecule has 18 heavy (non-hydrogen) atoms. The molecule has 1 fully saturated rings. The fourth-order valence-electron chi connectivity index (χ4n) is 2.15. The number of rotatable bonds is 3. The van der Waals surface area contributed by atoms with Crippen LogP contribution < -0.4 is 0 Å². The van der Waals surface area contributed by atoms with Gasteiger partial charge in [0, 0.05) is 6.42 Å². The Balaban J connectivity index is 2.00. The van der Waals surface area contributed by atoms with E-state index in [2.05, 4.69) is 9.36 Å². The van der Waals surface area contributed by atoms with Gasteiger partial charge in [0.25, 0.3) is 0 Å². The van der Waals surface area contributed by atoms with Gasteiger partial charge in [-0.05, 0) is 17.8 Å². The van der Waals surface area contributed by atoms with Crippen LogP contribution in [0.3, 0.4) is 0 Å². The molecule has 0 radical (unpaired) electrons. The molecule has 0 spiro atoms. The summed E-state index contributed by atoms with van der Waals surface area (Å²) in [5, 5.41) is 19.8. The van der Waals surface area contributed by atoms with E-state index in [-0.39, 0.29) is 12.8 Å². The zero-order chi connectivity index (χ0) is 12.7. The van der Waals surface area contributed by atoms with E-state index in [4.69, 9.17) is 9.84 Å². The van der Waals surface area contributed by atoms with Gasteiger partial charge < -0.3 is 14.9 Å². The van der Waals surface area contributed by atoms with Gasteiger partial charge in [-0.25, -0.2) is 4.98 Å². The second kappa shape index (κ2) is 4.78. The molecule has 2 aromatic rings. The minimum Gasteiger partial charge on any atom is -0.394 e. The Morgan fingerprint density at radius 3 is 3.17 bits per heavy atom. The average molecular weight is 287 g/mol. The lowest BCUT2D eigenvalue weighted by atomic mass is 10.2. The van der Waals surface area contributed by atoms with Crippen LogP contribution in [0.4, 0.5) is 0 Å². The number of aliphatic hydroxyl groups excluding tert-OH is 2. The molecule has 6 nitrogen and oxygen atoms in total. The number of aromatic nitrogens is 3. The molecule has 0 amide bonds. The largest absolute Gasteiger partial charge is 0.394 e. The van der Waals surface area contributed by atoms with Gasteiger partial charge in [0.05, 0.1) is 18.9 Å². The lowest BCUT2D eigenvalue weighted by Gasteiger charge is -2.15. The molecular weight excluding hydrogens is 274 g/mol. The fourth-order valence-corrected chi connectivity index (χ4v) is 3.54. The molecule has 98 valence electrons. The maximum absolute atomic E-state index is 9.81. The molecule has 2 N–H and O–H groups in total. The monoisotopic (exact) mass is 287 g/mol. The normalized spacial score (nSPS) is 28.3. The van der Waals surface area contributed by atoms with Crippen LogP contribution in [-0.2, 0) is 4.74 Å². The highest BCUT2D eigenvalue weighted by atomic mass is 32.2. The first-order chi connectivity index (χ1) is 8.74. The number of thioether (sulfide) groups is 1. The van der Waals surface area contributed by atoms with Crippen LogP contribution in [0, 0.1) is 0 Å². The standard InChI is InChI=1S/C10H13N3O3S2/c1-17-10-12-5-3-11-18-9(5)13(10)8-2-6(15)7(4-14)16-8/h3,6-8,14-15H,2,4H2,1H3. The van der Waals surface area contributed by atoms with E-state index in [1.165, 1.54) is 23.3 Å². The lowest BCUT2D eigenvalue weighted by molar-refractivity contribution is -0.0454. The molecule has 3 rings (SSSR count). The Bertz CT molecular complexity index is 556. The van der Waals surface area contributed by atoms with E-state index in [1.54, 1.807) is 6.20 Å². The number of aliphatic hydroxyl groups is 2. The van der Waals surface area contributed by atoms with E-state index >= 15 is 0 Å². The van der Waals surface area contributed by atoms with E-state index in [0.717, 1.165) is 15.5 Å². The number of fused-ring (bicyclic) bond motifs is 1. The van der Waals surface area contributed by atoms with Crippen LogP contribution in [0.1, 0.15) is 12.6 Å². The van der Waals surface area contributed by atoms with E-state index in [0.29, 0.717) is 6.42 Å². The van der Waals surface area contributed by atoms with Crippen molar-refractivity contribution in [2.45, 2.75) is 30.0 Å². The molecule has 1 aliphatic heterocycles. The van der Waals surface area contributed by atoms with Crippen molar-refractivity contribution in [3.63, 3.8) is 0 Å². The minimum absolute atomic E-state index is 0.174. The van der Waals surface area contributed by atoms with Gasteiger partial charge in [-0.3, -0.25) is 4.57 Å². The number of imidazole rings is 1. The minimum atomic E-state index is -0.639.